The molecule has 0 saturated carbocycles. The van der Waals surface area contributed by atoms with Gasteiger partial charge in [-0.2, -0.15) is 8.78 Å². The molecule has 0 aliphatic rings. The van der Waals surface area contributed by atoms with Gasteiger partial charge in [0.1, 0.15) is 11.6 Å². The zero-order chi connectivity index (χ0) is 16.0. The minimum Gasteiger partial charge on any atom is -0.434 e. The van der Waals surface area contributed by atoms with Crippen LogP contribution >= 0.6 is 0 Å². The van der Waals surface area contributed by atoms with Gasteiger partial charge in [0.15, 0.2) is 0 Å². The van der Waals surface area contributed by atoms with Crippen LogP contribution in [0.1, 0.15) is 30.6 Å². The van der Waals surface area contributed by atoms with Crippen LogP contribution in [0.2, 0.25) is 0 Å². The van der Waals surface area contributed by atoms with E-state index in [2.05, 4.69) is 10.1 Å². The van der Waals surface area contributed by atoms with E-state index in [1.54, 1.807) is 0 Å². The number of rotatable bonds is 7. The fraction of sp³-hybridized carbons (Fsp3) is 0.500. The Balaban J connectivity index is 2.77. The zero-order valence-electron chi connectivity index (χ0n) is 11.8. The van der Waals surface area contributed by atoms with E-state index in [9.17, 15) is 23.1 Å². The summed E-state index contributed by atoms with van der Waals surface area (Å²) in [5, 5.41) is 12.2. The van der Waals surface area contributed by atoms with Crippen LogP contribution in [0.15, 0.2) is 18.2 Å². The van der Waals surface area contributed by atoms with Gasteiger partial charge < -0.3 is 15.2 Å². The molecule has 118 valence electrons. The number of halogens is 3. The molecule has 4 nitrogen and oxygen atoms in total. The van der Waals surface area contributed by atoms with E-state index in [-0.39, 0.29) is 18.0 Å². The summed E-state index contributed by atoms with van der Waals surface area (Å²) in [6.07, 6.45) is -0.0216. The number of alkyl halides is 2. The third kappa shape index (κ3) is 5.26. The van der Waals surface area contributed by atoms with Crippen molar-refractivity contribution in [2.75, 3.05) is 6.54 Å². The molecule has 0 radical (unpaired) electrons. The van der Waals surface area contributed by atoms with Crippen molar-refractivity contribution < 1.29 is 27.8 Å². The molecule has 0 heterocycles. The summed E-state index contributed by atoms with van der Waals surface area (Å²) in [5.41, 5.74) is -0.215. The lowest BCUT2D eigenvalue weighted by atomic mass is 10.0. The Kier molecular flexibility index (Phi) is 6.48. The van der Waals surface area contributed by atoms with E-state index in [1.807, 2.05) is 13.8 Å². The Hall–Kier alpha value is -1.76. The topological polar surface area (TPSA) is 58.6 Å². The molecule has 2 atom stereocenters. The highest BCUT2D eigenvalue weighted by Gasteiger charge is 2.19. The van der Waals surface area contributed by atoms with Crippen molar-refractivity contribution in [3.8, 4) is 5.75 Å². The van der Waals surface area contributed by atoms with Crippen LogP contribution in [0.4, 0.5) is 13.2 Å². The first kappa shape index (κ1) is 17.3. The zero-order valence-corrected chi connectivity index (χ0v) is 11.8. The molecule has 0 aromatic heterocycles. The van der Waals surface area contributed by atoms with Crippen molar-refractivity contribution in [3.63, 3.8) is 0 Å². The first-order valence-corrected chi connectivity index (χ1v) is 6.55. The van der Waals surface area contributed by atoms with Crippen molar-refractivity contribution in [1.29, 1.82) is 0 Å². The van der Waals surface area contributed by atoms with Crippen molar-refractivity contribution in [3.05, 3.63) is 29.6 Å². The van der Waals surface area contributed by atoms with Crippen LogP contribution in [-0.2, 0) is 0 Å². The van der Waals surface area contributed by atoms with E-state index in [0.717, 1.165) is 18.6 Å². The molecule has 21 heavy (non-hydrogen) atoms. The van der Waals surface area contributed by atoms with Gasteiger partial charge in [-0.25, -0.2) is 4.39 Å². The normalized spacial score (nSPS) is 13.9. The molecular weight excluding hydrogens is 287 g/mol. The maximum atomic E-state index is 13.0. The predicted octanol–water partition coefficient (Wildman–Crippen LogP) is 2.56. The molecule has 2 unspecified atom stereocenters. The highest BCUT2D eigenvalue weighted by molar-refractivity contribution is 5.96. The molecule has 0 fully saturated rings. The van der Waals surface area contributed by atoms with Crippen LogP contribution < -0.4 is 10.1 Å². The Labute approximate surface area is 120 Å². The Morgan fingerprint density at radius 3 is 2.67 bits per heavy atom. The van der Waals surface area contributed by atoms with Crippen molar-refractivity contribution in [2.24, 2.45) is 5.92 Å². The predicted molar refractivity (Wildman–Crippen MR) is 70.8 cm³/mol. The molecule has 1 rings (SSSR count). The maximum Gasteiger partial charge on any atom is 0.387 e. The van der Waals surface area contributed by atoms with Crippen molar-refractivity contribution in [2.45, 2.75) is 33.0 Å². The standard InChI is InChI=1S/C14H18F3NO3/c1-3-8(2)11(19)7-18-13(20)10-5-4-9(15)6-12(10)21-14(16)17/h4-6,8,11,14,19H,3,7H2,1-2H3,(H,18,20). The molecule has 0 bridgehead atoms. The molecular formula is C14H18F3NO3. The SMILES string of the molecule is CCC(C)C(O)CNC(=O)c1ccc(F)cc1OC(F)F. The van der Waals surface area contributed by atoms with E-state index < -0.39 is 30.2 Å². The summed E-state index contributed by atoms with van der Waals surface area (Å²) in [5.74, 6) is -2.06. The number of benzene rings is 1. The lowest BCUT2D eigenvalue weighted by molar-refractivity contribution is -0.0503. The summed E-state index contributed by atoms with van der Waals surface area (Å²) >= 11 is 0. The van der Waals surface area contributed by atoms with E-state index in [0.29, 0.717) is 6.07 Å². The molecule has 7 heteroatoms. The second-order valence-corrected chi connectivity index (χ2v) is 4.68. The van der Waals surface area contributed by atoms with Gasteiger partial charge in [-0.1, -0.05) is 20.3 Å². The average molecular weight is 305 g/mol. The summed E-state index contributed by atoms with van der Waals surface area (Å²) < 4.78 is 41.6. The largest absolute Gasteiger partial charge is 0.434 e. The monoisotopic (exact) mass is 305 g/mol. The number of hydrogen-bond donors (Lipinski definition) is 2. The number of carbonyl (C=O) groups is 1. The average Bonchev–Trinajstić information content (AvgIpc) is 2.42. The third-order valence-corrected chi connectivity index (χ3v) is 3.18. The Morgan fingerprint density at radius 2 is 2.10 bits per heavy atom. The first-order valence-electron chi connectivity index (χ1n) is 6.55. The lowest BCUT2D eigenvalue weighted by Gasteiger charge is -2.18. The summed E-state index contributed by atoms with van der Waals surface area (Å²) in [4.78, 5) is 11.9. The number of aliphatic hydroxyl groups is 1. The van der Waals surface area contributed by atoms with Crippen molar-refractivity contribution >= 4 is 5.91 Å². The number of ether oxygens (including phenoxy) is 1. The minimum absolute atomic E-state index is 0.0182. The second-order valence-electron chi connectivity index (χ2n) is 4.68. The fourth-order valence-electron chi connectivity index (χ4n) is 1.64. The highest BCUT2D eigenvalue weighted by atomic mass is 19.3. The van der Waals surface area contributed by atoms with Crippen molar-refractivity contribution in [1.82, 2.24) is 5.32 Å². The van der Waals surface area contributed by atoms with Crippen LogP contribution in [0.5, 0.6) is 5.75 Å². The van der Waals surface area contributed by atoms with E-state index >= 15 is 0 Å². The van der Waals surface area contributed by atoms with Crippen LogP contribution in [-0.4, -0.2) is 30.3 Å². The molecule has 0 saturated heterocycles. The van der Waals surface area contributed by atoms with Gasteiger partial charge >= 0.3 is 6.61 Å². The molecule has 0 spiro atoms. The first-order chi connectivity index (χ1) is 9.85. The Bertz CT molecular complexity index is 483. The second kappa shape index (κ2) is 7.87. The van der Waals surface area contributed by atoms with Crippen LogP contribution in [0.25, 0.3) is 0 Å². The molecule has 1 aromatic rings. The van der Waals surface area contributed by atoms with Crippen LogP contribution in [0, 0.1) is 11.7 Å². The number of amides is 1. The highest BCUT2D eigenvalue weighted by Crippen LogP contribution is 2.22. The van der Waals surface area contributed by atoms with Gasteiger partial charge in [-0.15, -0.1) is 0 Å². The minimum atomic E-state index is -3.16. The number of nitrogens with one attached hydrogen (secondary N) is 1. The number of hydrogen-bond acceptors (Lipinski definition) is 3. The van der Waals surface area contributed by atoms with Gasteiger partial charge in [0, 0.05) is 12.6 Å². The number of aliphatic hydroxyl groups excluding tert-OH is 1. The van der Waals surface area contributed by atoms with Gasteiger partial charge in [0.25, 0.3) is 5.91 Å². The third-order valence-electron chi connectivity index (χ3n) is 3.18. The van der Waals surface area contributed by atoms with Gasteiger partial charge in [-0.05, 0) is 18.1 Å². The lowest BCUT2D eigenvalue weighted by Crippen LogP contribution is -2.35. The molecule has 1 amide bonds. The number of carbonyl (C=O) groups excluding carboxylic acids is 1. The molecule has 1 aromatic carbocycles. The fourth-order valence-corrected chi connectivity index (χ4v) is 1.64. The van der Waals surface area contributed by atoms with Gasteiger partial charge in [0.05, 0.1) is 11.7 Å². The summed E-state index contributed by atoms with van der Waals surface area (Å²) in [6, 6.07) is 2.74. The molecule has 0 aliphatic heterocycles. The van der Waals surface area contributed by atoms with Gasteiger partial charge in [0.2, 0.25) is 0 Å². The van der Waals surface area contributed by atoms with Crippen LogP contribution in [0.3, 0.4) is 0 Å². The van der Waals surface area contributed by atoms with Gasteiger partial charge in [-0.3, -0.25) is 4.79 Å². The summed E-state index contributed by atoms with van der Waals surface area (Å²) in [7, 11) is 0. The van der Waals surface area contributed by atoms with E-state index in [4.69, 9.17) is 0 Å². The molecule has 0 aliphatic carbocycles. The smallest absolute Gasteiger partial charge is 0.387 e. The summed E-state index contributed by atoms with van der Waals surface area (Å²) in [6.45, 7) is 0.521. The van der Waals surface area contributed by atoms with E-state index in [1.165, 1.54) is 0 Å². The Morgan fingerprint density at radius 1 is 1.43 bits per heavy atom. The quantitative estimate of drug-likeness (QED) is 0.814. The maximum absolute atomic E-state index is 13.0. The molecule has 2 N–H and O–H groups in total.